The SMILES string of the molecule is COc1ccc(S(N)(=O)=O)cc1C(=O)NCc1nc(C(C)(C)C)no1. The third kappa shape index (κ3) is 4.54. The predicted molar refractivity (Wildman–Crippen MR) is 88.5 cm³/mol. The van der Waals surface area contributed by atoms with Crippen molar-refractivity contribution in [2.24, 2.45) is 5.14 Å². The number of primary sulfonamides is 1. The van der Waals surface area contributed by atoms with Crippen molar-refractivity contribution in [3.05, 3.63) is 35.5 Å². The number of rotatable bonds is 5. The summed E-state index contributed by atoms with van der Waals surface area (Å²) in [4.78, 5) is 16.4. The number of ether oxygens (including phenoxy) is 1. The Morgan fingerprint density at radius 2 is 2.04 bits per heavy atom. The third-order valence-corrected chi connectivity index (χ3v) is 4.19. The van der Waals surface area contributed by atoms with Crippen molar-refractivity contribution in [2.45, 2.75) is 37.6 Å². The maximum Gasteiger partial charge on any atom is 0.255 e. The van der Waals surface area contributed by atoms with Crippen LogP contribution < -0.4 is 15.2 Å². The molecule has 136 valence electrons. The van der Waals surface area contributed by atoms with Gasteiger partial charge in [-0.05, 0) is 18.2 Å². The molecule has 10 heteroatoms. The van der Waals surface area contributed by atoms with Gasteiger partial charge in [0.05, 0.1) is 24.1 Å². The van der Waals surface area contributed by atoms with Gasteiger partial charge in [0.2, 0.25) is 15.9 Å². The Morgan fingerprint density at radius 3 is 2.56 bits per heavy atom. The van der Waals surface area contributed by atoms with Crippen LogP contribution in [0.3, 0.4) is 0 Å². The largest absolute Gasteiger partial charge is 0.496 e. The summed E-state index contributed by atoms with van der Waals surface area (Å²) in [5.74, 6) is 0.411. The van der Waals surface area contributed by atoms with Gasteiger partial charge >= 0.3 is 0 Å². The van der Waals surface area contributed by atoms with Crippen LogP contribution in [0.1, 0.15) is 42.8 Å². The molecule has 0 bridgehead atoms. The number of aromatic nitrogens is 2. The fourth-order valence-electron chi connectivity index (χ4n) is 1.92. The van der Waals surface area contributed by atoms with E-state index in [2.05, 4.69) is 15.5 Å². The van der Waals surface area contributed by atoms with Gasteiger partial charge in [-0.3, -0.25) is 4.79 Å². The highest BCUT2D eigenvalue weighted by Gasteiger charge is 2.22. The molecule has 1 amide bonds. The van der Waals surface area contributed by atoms with Crippen LogP contribution in [-0.4, -0.2) is 31.6 Å². The van der Waals surface area contributed by atoms with Crippen LogP contribution in [0, 0.1) is 0 Å². The standard InChI is InChI=1S/C15H20N4O5S/c1-15(2,3)14-18-12(24-19-14)8-17-13(20)10-7-9(25(16,21)22)5-6-11(10)23-4/h5-7H,8H2,1-4H3,(H,17,20)(H2,16,21,22). The van der Waals surface area contributed by atoms with Gasteiger partial charge in [0.1, 0.15) is 5.75 Å². The fraction of sp³-hybridized carbons (Fsp3) is 0.400. The summed E-state index contributed by atoms with van der Waals surface area (Å²) in [6.07, 6.45) is 0. The molecule has 0 atom stereocenters. The minimum atomic E-state index is -3.94. The summed E-state index contributed by atoms with van der Waals surface area (Å²) in [5.41, 5.74) is -0.247. The smallest absolute Gasteiger partial charge is 0.255 e. The number of nitrogens with two attached hydrogens (primary N) is 1. The lowest BCUT2D eigenvalue weighted by atomic mass is 9.96. The molecule has 0 unspecified atom stereocenters. The number of hydrogen-bond acceptors (Lipinski definition) is 7. The second kappa shape index (κ2) is 6.81. The molecule has 0 saturated carbocycles. The number of hydrogen-bond donors (Lipinski definition) is 2. The van der Waals surface area contributed by atoms with Crippen molar-refractivity contribution < 1.29 is 22.5 Å². The van der Waals surface area contributed by atoms with E-state index in [1.807, 2.05) is 20.8 Å². The highest BCUT2D eigenvalue weighted by Crippen LogP contribution is 2.22. The van der Waals surface area contributed by atoms with E-state index in [0.29, 0.717) is 5.82 Å². The first-order chi connectivity index (χ1) is 11.5. The molecule has 1 aromatic heterocycles. The number of sulfonamides is 1. The number of nitrogens with one attached hydrogen (secondary N) is 1. The molecule has 0 radical (unpaired) electrons. The lowest BCUT2D eigenvalue weighted by Crippen LogP contribution is -2.24. The minimum Gasteiger partial charge on any atom is -0.496 e. The zero-order valence-corrected chi connectivity index (χ0v) is 15.2. The molecular formula is C15H20N4O5S. The molecule has 0 fully saturated rings. The lowest BCUT2D eigenvalue weighted by Gasteiger charge is -2.11. The molecule has 1 aromatic carbocycles. The highest BCUT2D eigenvalue weighted by atomic mass is 32.2. The van der Waals surface area contributed by atoms with E-state index >= 15 is 0 Å². The molecule has 0 saturated heterocycles. The minimum absolute atomic E-state index is 0.00926. The lowest BCUT2D eigenvalue weighted by molar-refractivity contribution is 0.0943. The van der Waals surface area contributed by atoms with E-state index in [0.717, 1.165) is 6.07 Å². The van der Waals surface area contributed by atoms with Crippen LogP contribution in [0.5, 0.6) is 5.75 Å². The van der Waals surface area contributed by atoms with Crippen molar-refractivity contribution in [2.75, 3.05) is 7.11 Å². The summed E-state index contributed by atoms with van der Waals surface area (Å²) in [7, 11) is -2.57. The van der Waals surface area contributed by atoms with Crippen molar-refractivity contribution in [3.8, 4) is 5.75 Å². The Bertz CT molecular complexity index is 884. The zero-order chi connectivity index (χ0) is 18.8. The quantitative estimate of drug-likeness (QED) is 0.801. The van der Waals surface area contributed by atoms with Gasteiger partial charge in [-0.15, -0.1) is 0 Å². The van der Waals surface area contributed by atoms with Gasteiger partial charge in [-0.25, -0.2) is 13.6 Å². The molecule has 0 aliphatic heterocycles. The first-order valence-corrected chi connectivity index (χ1v) is 8.89. The molecule has 0 aliphatic carbocycles. The monoisotopic (exact) mass is 368 g/mol. The van der Waals surface area contributed by atoms with E-state index in [4.69, 9.17) is 14.4 Å². The van der Waals surface area contributed by atoms with Gasteiger partial charge in [0.25, 0.3) is 5.91 Å². The molecule has 0 spiro atoms. The normalized spacial score (nSPS) is 12.0. The predicted octanol–water partition coefficient (Wildman–Crippen LogP) is 0.953. The number of benzene rings is 1. The summed E-state index contributed by atoms with van der Waals surface area (Å²) < 4.78 is 33.1. The molecule has 3 N–H and O–H groups in total. The molecule has 2 aromatic rings. The Labute approximate surface area is 145 Å². The Hall–Kier alpha value is -2.46. The summed E-state index contributed by atoms with van der Waals surface area (Å²) in [6, 6.07) is 3.77. The first-order valence-electron chi connectivity index (χ1n) is 7.34. The van der Waals surface area contributed by atoms with Crippen LogP contribution in [0.15, 0.2) is 27.6 Å². The van der Waals surface area contributed by atoms with Crippen molar-refractivity contribution in [1.82, 2.24) is 15.5 Å². The van der Waals surface area contributed by atoms with Gasteiger partial charge in [-0.1, -0.05) is 25.9 Å². The molecule has 0 aliphatic rings. The number of methoxy groups -OCH3 is 1. The zero-order valence-electron chi connectivity index (χ0n) is 14.4. The van der Waals surface area contributed by atoms with E-state index < -0.39 is 15.9 Å². The maximum absolute atomic E-state index is 12.4. The van der Waals surface area contributed by atoms with Crippen LogP contribution in [0.4, 0.5) is 0 Å². The average Bonchev–Trinajstić information content (AvgIpc) is 3.00. The van der Waals surface area contributed by atoms with E-state index in [9.17, 15) is 13.2 Å². The number of carbonyl (C=O) groups excluding carboxylic acids is 1. The van der Waals surface area contributed by atoms with Gasteiger partial charge in [0.15, 0.2) is 5.82 Å². The first kappa shape index (κ1) is 18.9. The Kier molecular flexibility index (Phi) is 5.14. The number of amides is 1. The summed E-state index contributed by atoms with van der Waals surface area (Å²) in [5, 5.41) is 11.5. The molecule has 2 rings (SSSR count). The van der Waals surface area contributed by atoms with Gasteiger partial charge in [-0.2, -0.15) is 4.98 Å². The van der Waals surface area contributed by atoms with Gasteiger partial charge < -0.3 is 14.6 Å². The van der Waals surface area contributed by atoms with E-state index in [1.54, 1.807) is 0 Å². The van der Waals surface area contributed by atoms with E-state index in [-0.39, 0.29) is 34.1 Å². The summed E-state index contributed by atoms with van der Waals surface area (Å²) >= 11 is 0. The highest BCUT2D eigenvalue weighted by molar-refractivity contribution is 7.89. The van der Waals surface area contributed by atoms with Crippen molar-refractivity contribution in [1.29, 1.82) is 0 Å². The fourth-order valence-corrected chi connectivity index (χ4v) is 2.46. The third-order valence-electron chi connectivity index (χ3n) is 3.28. The second-order valence-corrected chi connectivity index (χ2v) is 7.91. The van der Waals surface area contributed by atoms with Crippen molar-refractivity contribution >= 4 is 15.9 Å². The van der Waals surface area contributed by atoms with Gasteiger partial charge in [0, 0.05) is 5.41 Å². The number of nitrogens with zero attached hydrogens (tertiary/aromatic N) is 2. The van der Waals surface area contributed by atoms with Crippen LogP contribution >= 0.6 is 0 Å². The molecule has 9 nitrogen and oxygen atoms in total. The van der Waals surface area contributed by atoms with Crippen LogP contribution in [0.2, 0.25) is 0 Å². The van der Waals surface area contributed by atoms with Crippen LogP contribution in [0.25, 0.3) is 0 Å². The van der Waals surface area contributed by atoms with Crippen LogP contribution in [-0.2, 0) is 22.0 Å². The number of carbonyl (C=O) groups is 1. The Morgan fingerprint density at radius 1 is 1.36 bits per heavy atom. The Balaban J connectivity index is 2.19. The van der Waals surface area contributed by atoms with Crippen molar-refractivity contribution in [3.63, 3.8) is 0 Å². The molecular weight excluding hydrogens is 348 g/mol. The average molecular weight is 368 g/mol. The van der Waals surface area contributed by atoms with E-state index in [1.165, 1.54) is 19.2 Å². The molecule has 25 heavy (non-hydrogen) atoms. The second-order valence-electron chi connectivity index (χ2n) is 6.35. The topological polar surface area (TPSA) is 137 Å². The summed E-state index contributed by atoms with van der Waals surface area (Å²) in [6.45, 7) is 5.79. The maximum atomic E-state index is 12.4. The molecule has 1 heterocycles.